The van der Waals surface area contributed by atoms with Gasteiger partial charge in [0, 0.05) is 27.3 Å². The molecule has 1 aromatic rings. The molecule has 1 aromatic carbocycles. The number of aliphatic hydroxyl groups is 1. The second kappa shape index (κ2) is 6.42. The van der Waals surface area contributed by atoms with Crippen LogP contribution in [0.3, 0.4) is 0 Å². The van der Waals surface area contributed by atoms with E-state index in [9.17, 15) is 4.79 Å². The van der Waals surface area contributed by atoms with Crippen molar-refractivity contribution in [3.8, 4) is 0 Å². The fourth-order valence-electron chi connectivity index (χ4n) is 1.19. The van der Waals surface area contributed by atoms with E-state index in [0.29, 0.717) is 0 Å². The molecule has 88 valence electrons. The summed E-state index contributed by atoms with van der Waals surface area (Å²) < 4.78 is 0.969. The van der Waals surface area contributed by atoms with E-state index >= 15 is 0 Å². The molecule has 0 bridgehead atoms. The van der Waals surface area contributed by atoms with Gasteiger partial charge >= 0.3 is 0 Å². The van der Waals surface area contributed by atoms with Crippen LogP contribution in [0.15, 0.2) is 27.6 Å². The second-order valence-corrected chi connectivity index (χ2v) is 5.77. The molecule has 1 atom stereocenters. The van der Waals surface area contributed by atoms with Crippen LogP contribution in [0.2, 0.25) is 0 Å². The molecule has 0 aliphatic heterocycles. The summed E-state index contributed by atoms with van der Waals surface area (Å²) in [6.07, 6.45) is 0. The number of ketones is 1. The maximum Gasteiger partial charge on any atom is 0.160 e. The summed E-state index contributed by atoms with van der Waals surface area (Å²) in [6.45, 7) is 3.73. The molecule has 4 heteroatoms. The molecule has 0 aliphatic rings. The molecule has 1 N–H and O–H groups in total. The molecular weight excluding hydrogens is 288 g/mol. The summed E-state index contributed by atoms with van der Waals surface area (Å²) in [7, 11) is 0. The first kappa shape index (κ1) is 13.7. The van der Waals surface area contributed by atoms with Gasteiger partial charge in [-0.3, -0.25) is 4.79 Å². The number of rotatable bonds is 5. The summed E-state index contributed by atoms with van der Waals surface area (Å²) >= 11 is 5.01. The third-order valence-corrected chi connectivity index (χ3v) is 4.04. The fourth-order valence-corrected chi connectivity index (χ4v) is 2.85. The van der Waals surface area contributed by atoms with Crippen LogP contribution in [0.5, 0.6) is 0 Å². The van der Waals surface area contributed by atoms with E-state index in [2.05, 4.69) is 15.9 Å². The van der Waals surface area contributed by atoms with Crippen LogP contribution in [-0.2, 0) is 0 Å². The van der Waals surface area contributed by atoms with Gasteiger partial charge in [-0.1, -0.05) is 22.9 Å². The van der Waals surface area contributed by atoms with E-state index in [4.69, 9.17) is 5.11 Å². The summed E-state index contributed by atoms with van der Waals surface area (Å²) in [5, 5.41) is 8.96. The van der Waals surface area contributed by atoms with Crippen molar-refractivity contribution in [3.63, 3.8) is 0 Å². The third-order valence-electron chi connectivity index (χ3n) is 2.16. The van der Waals surface area contributed by atoms with Gasteiger partial charge in [0.15, 0.2) is 5.78 Å². The van der Waals surface area contributed by atoms with Crippen molar-refractivity contribution < 1.29 is 9.90 Å². The highest BCUT2D eigenvalue weighted by Crippen LogP contribution is 2.28. The number of aliphatic hydroxyl groups excluding tert-OH is 1. The average molecular weight is 303 g/mol. The monoisotopic (exact) mass is 302 g/mol. The van der Waals surface area contributed by atoms with Gasteiger partial charge in [-0.2, -0.15) is 0 Å². The molecule has 2 nitrogen and oxygen atoms in total. The lowest BCUT2D eigenvalue weighted by Crippen LogP contribution is -2.04. The molecule has 0 heterocycles. The number of carbonyl (C=O) groups is 1. The number of thioether (sulfide) groups is 1. The second-order valence-electron chi connectivity index (χ2n) is 3.80. The Morgan fingerprint density at radius 3 is 2.81 bits per heavy atom. The van der Waals surface area contributed by atoms with Crippen LogP contribution in [0, 0.1) is 5.92 Å². The molecule has 0 saturated carbocycles. The highest BCUT2D eigenvalue weighted by atomic mass is 79.9. The highest BCUT2D eigenvalue weighted by molar-refractivity contribution is 9.10. The highest BCUT2D eigenvalue weighted by Gasteiger charge is 2.09. The SMILES string of the molecule is CC(=O)c1ccc(Br)cc1SCC(C)CO. The number of hydrogen-bond acceptors (Lipinski definition) is 3. The van der Waals surface area contributed by atoms with Crippen molar-refractivity contribution in [2.45, 2.75) is 18.7 Å². The van der Waals surface area contributed by atoms with Crippen molar-refractivity contribution in [3.05, 3.63) is 28.2 Å². The van der Waals surface area contributed by atoms with Crippen LogP contribution < -0.4 is 0 Å². The van der Waals surface area contributed by atoms with Gasteiger partial charge in [-0.15, -0.1) is 11.8 Å². The molecule has 0 aliphatic carbocycles. The van der Waals surface area contributed by atoms with Crippen molar-refractivity contribution in [2.75, 3.05) is 12.4 Å². The molecule has 0 aromatic heterocycles. The lowest BCUT2D eigenvalue weighted by atomic mass is 10.1. The van der Waals surface area contributed by atoms with Crippen LogP contribution >= 0.6 is 27.7 Å². The van der Waals surface area contributed by atoms with Gasteiger partial charge in [-0.25, -0.2) is 0 Å². The number of carbonyl (C=O) groups excluding carboxylic acids is 1. The summed E-state index contributed by atoms with van der Waals surface area (Å²) in [5.74, 6) is 1.13. The zero-order valence-electron chi connectivity index (χ0n) is 9.37. The first-order chi connectivity index (χ1) is 7.54. The Bertz CT molecular complexity index is 379. The minimum Gasteiger partial charge on any atom is -0.396 e. The van der Waals surface area contributed by atoms with Gasteiger partial charge in [0.05, 0.1) is 0 Å². The Kier molecular flexibility index (Phi) is 5.52. The average Bonchev–Trinajstić information content (AvgIpc) is 2.25. The number of halogens is 1. The Morgan fingerprint density at radius 1 is 1.56 bits per heavy atom. The van der Waals surface area contributed by atoms with Crippen LogP contribution in [-0.4, -0.2) is 23.2 Å². The normalized spacial score (nSPS) is 12.5. The van der Waals surface area contributed by atoms with Crippen molar-refractivity contribution in [1.82, 2.24) is 0 Å². The Hall–Kier alpha value is -0.320. The molecule has 16 heavy (non-hydrogen) atoms. The molecular formula is C12H15BrO2S. The summed E-state index contributed by atoms with van der Waals surface area (Å²) in [4.78, 5) is 12.4. The minimum atomic E-state index is 0.0756. The Morgan fingerprint density at radius 2 is 2.25 bits per heavy atom. The van der Waals surface area contributed by atoms with E-state index in [0.717, 1.165) is 20.7 Å². The zero-order valence-corrected chi connectivity index (χ0v) is 11.8. The first-order valence-corrected chi connectivity index (χ1v) is 6.86. The standard InChI is InChI=1S/C12H15BrO2S/c1-8(6-14)7-16-12-5-10(13)3-4-11(12)9(2)15/h3-5,8,14H,6-7H2,1-2H3. The Balaban J connectivity index is 2.84. The van der Waals surface area contributed by atoms with Gasteiger partial charge < -0.3 is 5.11 Å². The van der Waals surface area contributed by atoms with E-state index < -0.39 is 0 Å². The predicted molar refractivity (Wildman–Crippen MR) is 71.1 cm³/mol. The molecule has 0 amide bonds. The van der Waals surface area contributed by atoms with Crippen LogP contribution in [0.4, 0.5) is 0 Å². The largest absolute Gasteiger partial charge is 0.396 e. The number of Topliss-reactive ketones (excluding diaryl/α,β-unsaturated/α-hetero) is 1. The van der Waals surface area contributed by atoms with Crippen molar-refractivity contribution in [2.24, 2.45) is 5.92 Å². The van der Waals surface area contributed by atoms with Gasteiger partial charge in [0.1, 0.15) is 0 Å². The van der Waals surface area contributed by atoms with Crippen molar-refractivity contribution in [1.29, 1.82) is 0 Å². The first-order valence-electron chi connectivity index (χ1n) is 5.08. The zero-order chi connectivity index (χ0) is 12.1. The van der Waals surface area contributed by atoms with Crippen LogP contribution in [0.25, 0.3) is 0 Å². The number of hydrogen-bond donors (Lipinski definition) is 1. The topological polar surface area (TPSA) is 37.3 Å². The molecule has 1 rings (SSSR count). The minimum absolute atomic E-state index is 0.0756. The van der Waals surface area contributed by atoms with E-state index in [-0.39, 0.29) is 18.3 Å². The quantitative estimate of drug-likeness (QED) is 0.669. The molecule has 0 spiro atoms. The molecule has 0 radical (unpaired) electrons. The smallest absolute Gasteiger partial charge is 0.160 e. The summed E-state index contributed by atoms with van der Waals surface area (Å²) in [6, 6.07) is 5.65. The fraction of sp³-hybridized carbons (Fsp3) is 0.417. The van der Waals surface area contributed by atoms with Gasteiger partial charge in [0.2, 0.25) is 0 Å². The van der Waals surface area contributed by atoms with Gasteiger partial charge in [0.25, 0.3) is 0 Å². The number of benzene rings is 1. The summed E-state index contributed by atoms with van der Waals surface area (Å²) in [5.41, 5.74) is 0.748. The van der Waals surface area contributed by atoms with Crippen LogP contribution in [0.1, 0.15) is 24.2 Å². The Labute approximate surface area is 109 Å². The molecule has 1 unspecified atom stereocenters. The lowest BCUT2D eigenvalue weighted by molar-refractivity contribution is 0.101. The predicted octanol–water partition coefficient (Wildman–Crippen LogP) is 3.37. The molecule has 0 saturated heterocycles. The third kappa shape index (κ3) is 3.92. The van der Waals surface area contributed by atoms with E-state index in [1.165, 1.54) is 0 Å². The van der Waals surface area contributed by atoms with Crippen molar-refractivity contribution >= 4 is 33.5 Å². The van der Waals surface area contributed by atoms with E-state index in [1.54, 1.807) is 18.7 Å². The lowest BCUT2D eigenvalue weighted by Gasteiger charge is -2.10. The maximum atomic E-state index is 11.4. The maximum absolute atomic E-state index is 11.4. The molecule has 0 fully saturated rings. The van der Waals surface area contributed by atoms with Gasteiger partial charge in [-0.05, 0) is 31.0 Å². The van der Waals surface area contributed by atoms with E-state index in [1.807, 2.05) is 25.1 Å².